The molecule has 0 N–H and O–H groups in total. The second-order valence-corrected chi connectivity index (χ2v) is 8.89. The van der Waals surface area contributed by atoms with Crippen LogP contribution < -0.4 is 9.47 Å². The average Bonchev–Trinajstić information content (AvgIpc) is 2.51. The molecule has 0 spiro atoms. The van der Waals surface area contributed by atoms with E-state index in [2.05, 4.69) is 37.0 Å². The number of nitrogens with zero attached hydrogens (tertiary/aromatic N) is 1. The van der Waals surface area contributed by atoms with Gasteiger partial charge in [0.15, 0.2) is 5.75 Å². The number of hydrogen-bond acceptors (Lipinski definition) is 4. The molecule has 140 valence electrons. The van der Waals surface area contributed by atoms with Crippen LogP contribution in [-0.2, 0) is 4.84 Å². The van der Waals surface area contributed by atoms with E-state index in [0.717, 1.165) is 28.4 Å². The van der Waals surface area contributed by atoms with Gasteiger partial charge in [-0.25, -0.2) is 0 Å². The third kappa shape index (κ3) is 10.3. The van der Waals surface area contributed by atoms with Gasteiger partial charge in [0.25, 0.3) is 0 Å². The maximum Gasteiger partial charge on any atom is 0.156 e. The van der Waals surface area contributed by atoms with Crippen molar-refractivity contribution < 1.29 is 14.3 Å². The van der Waals surface area contributed by atoms with Crippen molar-refractivity contribution >= 4 is 60.8 Å². The van der Waals surface area contributed by atoms with E-state index >= 15 is 0 Å². The molecule has 0 bridgehead atoms. The molecule has 8 heteroatoms. The monoisotopic (exact) mass is 515 g/mol. The van der Waals surface area contributed by atoms with Gasteiger partial charge in [0.2, 0.25) is 0 Å². The van der Waals surface area contributed by atoms with Crippen molar-refractivity contribution in [3.05, 3.63) is 31.6 Å². The minimum absolute atomic E-state index is 0.391. The molecule has 0 radical (unpaired) electrons. The summed E-state index contributed by atoms with van der Waals surface area (Å²) in [7, 11) is 0. The lowest BCUT2D eigenvalue weighted by atomic mass is 10.2. The highest BCUT2D eigenvalue weighted by molar-refractivity contribution is 9.28. The summed E-state index contributed by atoms with van der Waals surface area (Å²) in [6.45, 7) is 5.33. The molecule has 1 aromatic carbocycles. The lowest BCUT2D eigenvalue weighted by Gasteiger charge is -2.12. The summed E-state index contributed by atoms with van der Waals surface area (Å²) in [5, 5.41) is 4.74. The van der Waals surface area contributed by atoms with Crippen LogP contribution >= 0.6 is 55.1 Å². The van der Waals surface area contributed by atoms with Gasteiger partial charge in [-0.3, -0.25) is 0 Å². The molecule has 0 atom stereocenters. The van der Waals surface area contributed by atoms with Gasteiger partial charge in [-0.15, -0.1) is 0 Å². The van der Waals surface area contributed by atoms with Gasteiger partial charge in [-0.1, -0.05) is 28.4 Å². The predicted molar refractivity (Wildman–Crippen MR) is 112 cm³/mol. The van der Waals surface area contributed by atoms with Gasteiger partial charge in [0.05, 0.1) is 25.8 Å². The summed E-state index contributed by atoms with van der Waals surface area (Å²) < 4.78 is 12.1. The SMILES string of the molecule is CC(C)=NOCCCCCOc1c(Cl)cc(OCC=C(Br)Br)cc1Cl. The van der Waals surface area contributed by atoms with E-state index in [-0.39, 0.29) is 0 Å². The van der Waals surface area contributed by atoms with Crippen LogP contribution in [0.25, 0.3) is 0 Å². The van der Waals surface area contributed by atoms with Gasteiger partial charge in [-0.2, -0.15) is 0 Å². The summed E-state index contributed by atoms with van der Waals surface area (Å²) in [5.74, 6) is 1.07. The lowest BCUT2D eigenvalue weighted by Crippen LogP contribution is -2.01. The van der Waals surface area contributed by atoms with Crippen molar-refractivity contribution in [2.24, 2.45) is 5.16 Å². The zero-order valence-electron chi connectivity index (χ0n) is 14.2. The Morgan fingerprint density at radius 3 is 2.28 bits per heavy atom. The molecule has 0 saturated carbocycles. The van der Waals surface area contributed by atoms with E-state index < -0.39 is 0 Å². The molecular weight excluding hydrogens is 497 g/mol. The molecule has 0 heterocycles. The Balaban J connectivity index is 2.36. The van der Waals surface area contributed by atoms with Crippen molar-refractivity contribution in [2.45, 2.75) is 33.1 Å². The first-order chi connectivity index (χ1) is 11.9. The van der Waals surface area contributed by atoms with Crippen LogP contribution in [0, 0.1) is 0 Å². The van der Waals surface area contributed by atoms with Gasteiger partial charge in [0, 0.05) is 12.1 Å². The van der Waals surface area contributed by atoms with Gasteiger partial charge < -0.3 is 14.3 Å². The van der Waals surface area contributed by atoms with Crippen LogP contribution in [0.15, 0.2) is 26.8 Å². The first-order valence-electron chi connectivity index (χ1n) is 7.79. The van der Waals surface area contributed by atoms with Crippen LogP contribution in [0.4, 0.5) is 0 Å². The number of hydrogen-bond donors (Lipinski definition) is 0. The minimum Gasteiger partial charge on any atom is -0.490 e. The number of rotatable bonds is 11. The second-order valence-electron chi connectivity index (χ2n) is 5.30. The Labute approximate surface area is 175 Å². The quantitative estimate of drug-likeness (QED) is 0.181. The maximum absolute atomic E-state index is 6.23. The summed E-state index contributed by atoms with van der Waals surface area (Å²) in [6.07, 6.45) is 4.60. The van der Waals surface area contributed by atoms with E-state index in [1.165, 1.54) is 0 Å². The Bertz CT molecular complexity index is 579. The fourth-order valence-corrected chi connectivity index (χ4v) is 2.59. The predicted octanol–water partition coefficient (Wildman–Crippen LogP) is 6.96. The smallest absolute Gasteiger partial charge is 0.156 e. The molecule has 0 amide bonds. The van der Waals surface area contributed by atoms with E-state index in [1.807, 2.05) is 19.9 Å². The molecule has 0 fully saturated rings. The van der Waals surface area contributed by atoms with Crippen molar-refractivity contribution in [2.75, 3.05) is 19.8 Å². The molecule has 0 saturated heterocycles. The molecule has 1 rings (SSSR count). The third-order valence-electron chi connectivity index (χ3n) is 2.83. The molecular formula is C17H21Br2Cl2NO3. The summed E-state index contributed by atoms with van der Waals surface area (Å²) in [5.41, 5.74) is 0.913. The Kier molecular flexibility index (Phi) is 11.6. The Morgan fingerprint density at radius 2 is 1.68 bits per heavy atom. The molecule has 25 heavy (non-hydrogen) atoms. The standard InChI is InChI=1S/C17H21Br2Cl2NO3/c1-12(2)22-25-8-5-3-4-7-24-17-14(20)10-13(11-15(17)21)23-9-6-16(18)19/h6,10-11H,3-5,7-9H2,1-2H3. The molecule has 0 aliphatic rings. The van der Waals surface area contributed by atoms with Crippen LogP contribution in [0.3, 0.4) is 0 Å². The van der Waals surface area contributed by atoms with E-state index in [9.17, 15) is 0 Å². The van der Waals surface area contributed by atoms with Gasteiger partial charge >= 0.3 is 0 Å². The molecule has 0 aromatic heterocycles. The fraction of sp³-hybridized carbons (Fsp3) is 0.471. The first-order valence-corrected chi connectivity index (χ1v) is 10.1. The number of halogens is 4. The highest BCUT2D eigenvalue weighted by Gasteiger charge is 2.10. The van der Waals surface area contributed by atoms with E-state index in [1.54, 1.807) is 12.1 Å². The summed E-state index contributed by atoms with van der Waals surface area (Å²) in [6, 6.07) is 3.38. The molecule has 4 nitrogen and oxygen atoms in total. The molecule has 1 aromatic rings. The van der Waals surface area contributed by atoms with Crippen molar-refractivity contribution in [1.82, 2.24) is 0 Å². The van der Waals surface area contributed by atoms with E-state index in [4.69, 9.17) is 37.5 Å². The fourth-order valence-electron chi connectivity index (χ4n) is 1.75. The first kappa shape index (κ1) is 22.6. The Morgan fingerprint density at radius 1 is 1.04 bits per heavy atom. The second kappa shape index (κ2) is 12.8. The van der Waals surface area contributed by atoms with Crippen molar-refractivity contribution in [3.63, 3.8) is 0 Å². The zero-order chi connectivity index (χ0) is 18.7. The number of oxime groups is 1. The summed E-state index contributed by atoms with van der Waals surface area (Å²) in [4.78, 5) is 5.14. The zero-order valence-corrected chi connectivity index (χ0v) is 18.8. The third-order valence-corrected chi connectivity index (χ3v) is 4.04. The molecule has 0 aliphatic heterocycles. The van der Waals surface area contributed by atoms with Crippen LogP contribution in [-0.4, -0.2) is 25.5 Å². The number of benzene rings is 1. The van der Waals surface area contributed by atoms with Crippen LogP contribution in [0.1, 0.15) is 33.1 Å². The molecule has 0 aliphatic carbocycles. The van der Waals surface area contributed by atoms with E-state index in [0.29, 0.717) is 41.4 Å². The normalized spacial score (nSPS) is 10.2. The average molecular weight is 518 g/mol. The summed E-state index contributed by atoms with van der Waals surface area (Å²) >= 11 is 19.0. The number of unbranched alkanes of at least 4 members (excludes halogenated alkanes) is 2. The maximum atomic E-state index is 6.23. The highest BCUT2D eigenvalue weighted by atomic mass is 79.9. The van der Waals surface area contributed by atoms with Crippen molar-refractivity contribution in [1.29, 1.82) is 0 Å². The lowest BCUT2D eigenvalue weighted by molar-refractivity contribution is 0.138. The van der Waals surface area contributed by atoms with Gasteiger partial charge in [0.1, 0.15) is 19.0 Å². The minimum atomic E-state index is 0.391. The molecule has 0 unspecified atom stereocenters. The Hall–Kier alpha value is -0.430. The topological polar surface area (TPSA) is 40.0 Å². The highest BCUT2D eigenvalue weighted by Crippen LogP contribution is 2.37. The largest absolute Gasteiger partial charge is 0.490 e. The van der Waals surface area contributed by atoms with Crippen LogP contribution in [0.2, 0.25) is 10.0 Å². The van der Waals surface area contributed by atoms with Crippen LogP contribution in [0.5, 0.6) is 11.5 Å². The van der Waals surface area contributed by atoms with Crippen molar-refractivity contribution in [3.8, 4) is 11.5 Å². The number of ether oxygens (including phenoxy) is 2. The van der Waals surface area contributed by atoms with Gasteiger partial charge in [-0.05, 0) is 71.0 Å².